The molecule has 2 rings (SSSR count). The zero-order chi connectivity index (χ0) is 16.8. The zero-order valence-electron chi connectivity index (χ0n) is 12.4. The van der Waals surface area contributed by atoms with Gasteiger partial charge in [-0.2, -0.15) is 5.26 Å². The molecule has 0 aliphatic rings. The lowest BCUT2D eigenvalue weighted by molar-refractivity contribution is -0.384. The quantitative estimate of drug-likeness (QED) is 0.652. The molecule has 7 heteroatoms. The molecular formula is C16H14N4O3. The number of nitrogens with one attached hydrogen (secondary N) is 2. The van der Waals surface area contributed by atoms with Gasteiger partial charge < -0.3 is 10.6 Å². The number of nitriles is 1. The van der Waals surface area contributed by atoms with E-state index in [9.17, 15) is 14.9 Å². The number of rotatable bonds is 5. The van der Waals surface area contributed by atoms with Crippen LogP contribution in [0.5, 0.6) is 0 Å². The molecule has 7 nitrogen and oxygen atoms in total. The van der Waals surface area contributed by atoms with E-state index in [0.717, 1.165) is 5.56 Å². The summed E-state index contributed by atoms with van der Waals surface area (Å²) < 4.78 is 0. The molecule has 0 saturated carbocycles. The van der Waals surface area contributed by atoms with E-state index in [4.69, 9.17) is 5.26 Å². The van der Waals surface area contributed by atoms with Crippen LogP contribution in [0.4, 0.5) is 17.1 Å². The number of anilines is 2. The fraction of sp³-hybridized carbons (Fsp3) is 0.125. The number of aryl methyl sites for hydroxylation is 1. The van der Waals surface area contributed by atoms with E-state index in [2.05, 4.69) is 10.6 Å². The molecule has 2 N–H and O–H groups in total. The minimum Gasteiger partial charge on any atom is -0.376 e. The molecule has 0 fully saturated rings. The third kappa shape index (κ3) is 4.28. The van der Waals surface area contributed by atoms with Crippen LogP contribution in [0.25, 0.3) is 0 Å². The Hall–Kier alpha value is -3.40. The van der Waals surface area contributed by atoms with Crippen LogP contribution in [0.1, 0.15) is 11.1 Å². The summed E-state index contributed by atoms with van der Waals surface area (Å²) in [6, 6.07) is 12.9. The molecule has 116 valence electrons. The molecule has 0 aliphatic heterocycles. The normalized spacial score (nSPS) is 9.74. The van der Waals surface area contributed by atoms with Crippen molar-refractivity contribution in [3.63, 3.8) is 0 Å². The first-order valence-electron chi connectivity index (χ1n) is 6.78. The van der Waals surface area contributed by atoms with E-state index in [0.29, 0.717) is 16.9 Å². The average Bonchev–Trinajstić information content (AvgIpc) is 2.54. The molecule has 0 radical (unpaired) electrons. The molecule has 0 aromatic heterocycles. The van der Waals surface area contributed by atoms with Crippen LogP contribution in [0, 0.1) is 28.4 Å². The number of carbonyl (C=O) groups is 1. The van der Waals surface area contributed by atoms with Gasteiger partial charge in [0.15, 0.2) is 0 Å². The van der Waals surface area contributed by atoms with E-state index in [1.807, 2.05) is 6.07 Å². The SMILES string of the molecule is Cc1ccc([N+](=O)[O-])cc1NCC(=O)Nc1ccc(C#N)cc1. The fourth-order valence-electron chi connectivity index (χ4n) is 1.92. The van der Waals surface area contributed by atoms with Crippen LogP contribution in [-0.2, 0) is 4.79 Å². The Labute approximate surface area is 132 Å². The summed E-state index contributed by atoms with van der Waals surface area (Å²) in [4.78, 5) is 22.2. The van der Waals surface area contributed by atoms with Crippen LogP contribution in [0.2, 0.25) is 0 Å². The van der Waals surface area contributed by atoms with Crippen molar-refractivity contribution < 1.29 is 9.72 Å². The molecule has 23 heavy (non-hydrogen) atoms. The Balaban J connectivity index is 1.97. The van der Waals surface area contributed by atoms with Crippen LogP contribution < -0.4 is 10.6 Å². The highest BCUT2D eigenvalue weighted by Crippen LogP contribution is 2.21. The zero-order valence-corrected chi connectivity index (χ0v) is 12.4. The van der Waals surface area contributed by atoms with Crippen molar-refractivity contribution in [3.05, 3.63) is 63.7 Å². The van der Waals surface area contributed by atoms with E-state index >= 15 is 0 Å². The lowest BCUT2D eigenvalue weighted by atomic mass is 10.2. The van der Waals surface area contributed by atoms with E-state index < -0.39 is 4.92 Å². The number of nitrogens with zero attached hydrogens (tertiary/aromatic N) is 2. The minimum absolute atomic E-state index is 0.0258. The van der Waals surface area contributed by atoms with Gasteiger partial charge in [0.25, 0.3) is 5.69 Å². The van der Waals surface area contributed by atoms with Gasteiger partial charge in [0.1, 0.15) is 0 Å². The first-order chi connectivity index (χ1) is 11.0. The number of amides is 1. The summed E-state index contributed by atoms with van der Waals surface area (Å²) in [6.45, 7) is 1.77. The van der Waals surface area contributed by atoms with Crippen LogP contribution in [-0.4, -0.2) is 17.4 Å². The van der Waals surface area contributed by atoms with Gasteiger partial charge in [-0.3, -0.25) is 14.9 Å². The predicted octanol–water partition coefficient (Wildman–Crippen LogP) is 2.83. The molecule has 0 saturated heterocycles. The Kier molecular flexibility index (Phi) is 4.89. The second-order valence-electron chi connectivity index (χ2n) is 4.85. The summed E-state index contributed by atoms with van der Waals surface area (Å²) in [5.41, 5.74) is 2.39. The van der Waals surface area contributed by atoms with Crippen molar-refractivity contribution in [2.45, 2.75) is 6.92 Å². The molecule has 0 bridgehead atoms. The summed E-state index contributed by atoms with van der Waals surface area (Å²) in [7, 11) is 0. The Morgan fingerprint density at radius 3 is 2.57 bits per heavy atom. The highest BCUT2D eigenvalue weighted by molar-refractivity contribution is 5.93. The molecule has 0 heterocycles. The fourth-order valence-corrected chi connectivity index (χ4v) is 1.92. The predicted molar refractivity (Wildman–Crippen MR) is 86.1 cm³/mol. The first-order valence-corrected chi connectivity index (χ1v) is 6.78. The molecule has 1 amide bonds. The molecule has 0 aliphatic carbocycles. The highest BCUT2D eigenvalue weighted by Gasteiger charge is 2.09. The van der Waals surface area contributed by atoms with Gasteiger partial charge in [-0.1, -0.05) is 6.07 Å². The van der Waals surface area contributed by atoms with Crippen molar-refractivity contribution in [3.8, 4) is 6.07 Å². The van der Waals surface area contributed by atoms with Crippen molar-refractivity contribution in [1.29, 1.82) is 5.26 Å². The molecular weight excluding hydrogens is 296 g/mol. The number of non-ortho nitro benzene ring substituents is 1. The maximum Gasteiger partial charge on any atom is 0.271 e. The van der Waals surface area contributed by atoms with Gasteiger partial charge in [0, 0.05) is 23.5 Å². The molecule has 0 spiro atoms. The van der Waals surface area contributed by atoms with Crippen molar-refractivity contribution in [1.82, 2.24) is 0 Å². The van der Waals surface area contributed by atoms with E-state index in [1.165, 1.54) is 12.1 Å². The molecule has 2 aromatic carbocycles. The topological polar surface area (TPSA) is 108 Å². The minimum atomic E-state index is -0.485. The Bertz CT molecular complexity index is 779. The summed E-state index contributed by atoms with van der Waals surface area (Å²) in [5.74, 6) is -0.291. The van der Waals surface area contributed by atoms with Gasteiger partial charge in [-0.05, 0) is 36.8 Å². The van der Waals surface area contributed by atoms with Crippen molar-refractivity contribution >= 4 is 23.0 Å². The lowest BCUT2D eigenvalue weighted by Crippen LogP contribution is -2.22. The monoisotopic (exact) mass is 310 g/mol. The van der Waals surface area contributed by atoms with Gasteiger partial charge >= 0.3 is 0 Å². The third-order valence-electron chi connectivity index (χ3n) is 3.17. The second kappa shape index (κ2) is 7.04. The average molecular weight is 310 g/mol. The van der Waals surface area contributed by atoms with Crippen molar-refractivity contribution in [2.24, 2.45) is 0 Å². The van der Waals surface area contributed by atoms with Gasteiger partial charge in [0.2, 0.25) is 5.91 Å². The number of carbonyl (C=O) groups excluding carboxylic acids is 1. The standard InChI is InChI=1S/C16H14N4O3/c1-11-2-7-14(20(22)23)8-15(11)18-10-16(21)19-13-5-3-12(9-17)4-6-13/h2-8,18H,10H2,1H3,(H,19,21). The van der Waals surface area contributed by atoms with Crippen molar-refractivity contribution in [2.75, 3.05) is 17.2 Å². The van der Waals surface area contributed by atoms with Gasteiger partial charge in [-0.15, -0.1) is 0 Å². The number of nitro groups is 1. The van der Waals surface area contributed by atoms with Gasteiger partial charge in [0.05, 0.1) is 23.1 Å². The summed E-state index contributed by atoms with van der Waals surface area (Å²) in [5, 5.41) is 25.0. The van der Waals surface area contributed by atoms with Crippen LogP contribution in [0.15, 0.2) is 42.5 Å². The lowest BCUT2D eigenvalue weighted by Gasteiger charge is -2.10. The third-order valence-corrected chi connectivity index (χ3v) is 3.17. The number of hydrogen-bond donors (Lipinski definition) is 2. The first kappa shape index (κ1) is 16.0. The Morgan fingerprint density at radius 2 is 1.96 bits per heavy atom. The highest BCUT2D eigenvalue weighted by atomic mass is 16.6. The maximum atomic E-state index is 11.9. The van der Waals surface area contributed by atoms with E-state index in [-0.39, 0.29) is 18.1 Å². The molecule has 0 unspecified atom stereocenters. The largest absolute Gasteiger partial charge is 0.376 e. The number of nitro benzene ring substituents is 1. The van der Waals surface area contributed by atoms with Crippen LogP contribution >= 0.6 is 0 Å². The van der Waals surface area contributed by atoms with Gasteiger partial charge in [-0.25, -0.2) is 0 Å². The smallest absolute Gasteiger partial charge is 0.271 e. The molecule has 0 atom stereocenters. The number of benzene rings is 2. The Morgan fingerprint density at radius 1 is 1.26 bits per heavy atom. The summed E-state index contributed by atoms with van der Waals surface area (Å²) >= 11 is 0. The van der Waals surface area contributed by atoms with E-state index in [1.54, 1.807) is 37.3 Å². The summed E-state index contributed by atoms with van der Waals surface area (Å²) in [6.07, 6.45) is 0. The maximum absolute atomic E-state index is 11.9. The number of hydrogen-bond acceptors (Lipinski definition) is 5. The second-order valence-corrected chi connectivity index (χ2v) is 4.85. The van der Waals surface area contributed by atoms with Crippen LogP contribution in [0.3, 0.4) is 0 Å². The molecule has 2 aromatic rings.